The first-order valence-corrected chi connectivity index (χ1v) is 5.92. The van der Waals surface area contributed by atoms with E-state index in [1.54, 1.807) is 19.4 Å². The molecular formula is C11H15NO3S. The lowest BCUT2D eigenvalue weighted by atomic mass is 10.4. The third kappa shape index (κ3) is 4.44. The second-order valence-corrected chi connectivity index (χ2v) is 4.11. The van der Waals surface area contributed by atoms with Crippen LogP contribution in [0.25, 0.3) is 6.08 Å². The molecule has 0 N–H and O–H groups in total. The zero-order valence-corrected chi connectivity index (χ0v) is 10.3. The van der Waals surface area contributed by atoms with Crippen LogP contribution in [0.4, 0.5) is 0 Å². The van der Waals surface area contributed by atoms with Crippen molar-refractivity contribution in [3.8, 4) is 5.19 Å². The van der Waals surface area contributed by atoms with Gasteiger partial charge in [0, 0.05) is 12.3 Å². The minimum atomic E-state index is -0.319. The van der Waals surface area contributed by atoms with Crippen molar-refractivity contribution in [3.63, 3.8) is 0 Å². The van der Waals surface area contributed by atoms with Crippen LogP contribution in [0.15, 0.2) is 12.3 Å². The molecular weight excluding hydrogens is 226 g/mol. The third-order valence-electron chi connectivity index (χ3n) is 1.80. The van der Waals surface area contributed by atoms with E-state index in [2.05, 4.69) is 4.98 Å². The number of nitrogens with zero attached hydrogens (tertiary/aromatic N) is 1. The van der Waals surface area contributed by atoms with Gasteiger partial charge in [0.2, 0.25) is 0 Å². The van der Waals surface area contributed by atoms with Crippen molar-refractivity contribution in [2.75, 3.05) is 13.7 Å². The molecule has 4 nitrogen and oxygen atoms in total. The predicted octanol–water partition coefficient (Wildman–Crippen LogP) is 2.51. The molecule has 1 aromatic rings. The summed E-state index contributed by atoms with van der Waals surface area (Å²) < 4.78 is 9.90. The quantitative estimate of drug-likeness (QED) is 0.436. The van der Waals surface area contributed by atoms with Gasteiger partial charge in [0.05, 0.1) is 18.6 Å². The minimum absolute atomic E-state index is 0.319. The molecule has 0 spiro atoms. The van der Waals surface area contributed by atoms with Gasteiger partial charge >= 0.3 is 5.97 Å². The Balaban J connectivity index is 2.37. The van der Waals surface area contributed by atoms with Crippen molar-refractivity contribution in [1.82, 2.24) is 4.98 Å². The normalized spacial score (nSPS) is 10.6. The number of esters is 1. The van der Waals surface area contributed by atoms with Crippen molar-refractivity contribution in [3.05, 3.63) is 17.2 Å². The lowest BCUT2D eigenvalue weighted by Gasteiger charge is -1.98. The van der Waals surface area contributed by atoms with Crippen LogP contribution >= 0.6 is 11.3 Å². The highest BCUT2D eigenvalue weighted by Crippen LogP contribution is 2.20. The number of methoxy groups -OCH3 is 1. The van der Waals surface area contributed by atoms with Crippen LogP contribution in [0.1, 0.15) is 24.6 Å². The Morgan fingerprint density at radius 2 is 2.44 bits per heavy atom. The second kappa shape index (κ2) is 7.00. The van der Waals surface area contributed by atoms with E-state index in [9.17, 15) is 4.79 Å². The van der Waals surface area contributed by atoms with Crippen LogP contribution in [-0.4, -0.2) is 24.7 Å². The van der Waals surface area contributed by atoms with Gasteiger partial charge in [0.15, 0.2) is 0 Å². The maximum atomic E-state index is 11.2. The van der Waals surface area contributed by atoms with Crippen LogP contribution in [-0.2, 0) is 9.53 Å². The van der Waals surface area contributed by atoms with Gasteiger partial charge in [-0.15, -0.1) is 0 Å². The van der Waals surface area contributed by atoms with Gasteiger partial charge in [-0.2, -0.15) is 0 Å². The highest BCUT2D eigenvalue weighted by Gasteiger charge is 2.00. The molecule has 5 heteroatoms. The monoisotopic (exact) mass is 241 g/mol. The summed E-state index contributed by atoms with van der Waals surface area (Å²) in [5.74, 6) is -0.319. The first-order valence-electron chi connectivity index (χ1n) is 5.11. The first kappa shape index (κ1) is 12.7. The fourth-order valence-electron chi connectivity index (χ4n) is 0.957. The second-order valence-electron chi connectivity index (χ2n) is 3.09. The summed E-state index contributed by atoms with van der Waals surface area (Å²) in [6.45, 7) is 2.53. The number of thiazole rings is 1. The van der Waals surface area contributed by atoms with Crippen molar-refractivity contribution >= 4 is 23.4 Å². The molecule has 0 unspecified atom stereocenters. The predicted molar refractivity (Wildman–Crippen MR) is 63.6 cm³/mol. The molecule has 0 fully saturated rings. The SMILES string of the molecule is CCCCOC(=O)/C=C/c1cnc(OC)s1. The van der Waals surface area contributed by atoms with E-state index in [1.165, 1.54) is 17.4 Å². The number of hydrogen-bond donors (Lipinski definition) is 0. The molecule has 0 aliphatic heterocycles. The smallest absolute Gasteiger partial charge is 0.330 e. The lowest BCUT2D eigenvalue weighted by Crippen LogP contribution is -2.01. The summed E-state index contributed by atoms with van der Waals surface area (Å²) in [5, 5.41) is 0.582. The van der Waals surface area contributed by atoms with Crippen LogP contribution in [0.2, 0.25) is 0 Å². The summed E-state index contributed by atoms with van der Waals surface area (Å²) in [5.41, 5.74) is 0. The van der Waals surface area contributed by atoms with Crippen molar-refractivity contribution in [1.29, 1.82) is 0 Å². The molecule has 0 saturated heterocycles. The number of aromatic nitrogens is 1. The summed E-state index contributed by atoms with van der Waals surface area (Å²) in [6, 6.07) is 0. The van der Waals surface area contributed by atoms with E-state index >= 15 is 0 Å². The summed E-state index contributed by atoms with van der Waals surface area (Å²) in [4.78, 5) is 16.1. The van der Waals surface area contributed by atoms with E-state index in [1.807, 2.05) is 6.92 Å². The number of hydrogen-bond acceptors (Lipinski definition) is 5. The van der Waals surface area contributed by atoms with Gasteiger partial charge in [-0.05, 0) is 12.5 Å². The summed E-state index contributed by atoms with van der Waals surface area (Å²) in [7, 11) is 1.56. The van der Waals surface area contributed by atoms with E-state index in [0.717, 1.165) is 17.7 Å². The Bertz CT molecular complexity index is 360. The molecule has 0 saturated carbocycles. The Hall–Kier alpha value is -1.36. The third-order valence-corrected chi connectivity index (χ3v) is 2.73. The number of ether oxygens (including phenoxy) is 2. The Morgan fingerprint density at radius 3 is 3.06 bits per heavy atom. The van der Waals surface area contributed by atoms with E-state index in [0.29, 0.717) is 11.8 Å². The van der Waals surface area contributed by atoms with Crippen molar-refractivity contribution < 1.29 is 14.3 Å². The molecule has 16 heavy (non-hydrogen) atoms. The van der Waals surface area contributed by atoms with Gasteiger partial charge < -0.3 is 9.47 Å². The van der Waals surface area contributed by atoms with Gasteiger partial charge in [-0.3, -0.25) is 0 Å². The maximum Gasteiger partial charge on any atom is 0.330 e. The molecule has 0 atom stereocenters. The summed E-state index contributed by atoms with van der Waals surface area (Å²) >= 11 is 1.38. The number of carbonyl (C=O) groups is 1. The molecule has 0 aliphatic rings. The molecule has 0 amide bonds. The number of carbonyl (C=O) groups excluding carboxylic acids is 1. The van der Waals surface area contributed by atoms with Crippen LogP contribution in [0.5, 0.6) is 5.19 Å². The standard InChI is InChI=1S/C11H15NO3S/c1-3-4-7-15-10(13)6-5-9-8-12-11(14-2)16-9/h5-6,8H,3-4,7H2,1-2H3/b6-5+. The van der Waals surface area contributed by atoms with Crippen molar-refractivity contribution in [2.24, 2.45) is 0 Å². The summed E-state index contributed by atoms with van der Waals surface area (Å²) in [6.07, 6.45) is 6.65. The fraction of sp³-hybridized carbons (Fsp3) is 0.455. The number of unbranched alkanes of at least 4 members (excludes halogenated alkanes) is 1. The molecule has 1 rings (SSSR count). The van der Waals surface area contributed by atoms with Gasteiger partial charge in [-0.1, -0.05) is 24.7 Å². The van der Waals surface area contributed by atoms with Crippen LogP contribution in [0, 0.1) is 0 Å². The minimum Gasteiger partial charge on any atom is -0.473 e. The highest BCUT2D eigenvalue weighted by atomic mass is 32.1. The average molecular weight is 241 g/mol. The molecule has 1 aromatic heterocycles. The first-order chi connectivity index (χ1) is 7.76. The molecule has 0 aromatic carbocycles. The highest BCUT2D eigenvalue weighted by molar-refractivity contribution is 7.14. The van der Waals surface area contributed by atoms with E-state index < -0.39 is 0 Å². The lowest BCUT2D eigenvalue weighted by molar-refractivity contribution is -0.137. The molecule has 0 aliphatic carbocycles. The van der Waals surface area contributed by atoms with Gasteiger partial charge in [0.1, 0.15) is 0 Å². The zero-order valence-electron chi connectivity index (χ0n) is 9.43. The van der Waals surface area contributed by atoms with Gasteiger partial charge in [-0.25, -0.2) is 9.78 Å². The van der Waals surface area contributed by atoms with Gasteiger partial charge in [0.25, 0.3) is 5.19 Å². The van der Waals surface area contributed by atoms with E-state index in [-0.39, 0.29) is 5.97 Å². The van der Waals surface area contributed by atoms with Crippen LogP contribution in [0.3, 0.4) is 0 Å². The maximum absolute atomic E-state index is 11.2. The Kier molecular flexibility index (Phi) is 5.56. The number of rotatable bonds is 6. The molecule has 88 valence electrons. The largest absolute Gasteiger partial charge is 0.473 e. The molecule has 0 radical (unpaired) electrons. The van der Waals surface area contributed by atoms with E-state index in [4.69, 9.17) is 9.47 Å². The fourth-order valence-corrected chi connectivity index (χ4v) is 1.59. The van der Waals surface area contributed by atoms with Crippen LogP contribution < -0.4 is 4.74 Å². The Morgan fingerprint density at radius 1 is 1.62 bits per heavy atom. The average Bonchev–Trinajstić information content (AvgIpc) is 2.74. The molecule has 0 bridgehead atoms. The van der Waals surface area contributed by atoms with Crippen molar-refractivity contribution in [2.45, 2.75) is 19.8 Å². The zero-order chi connectivity index (χ0) is 11.8. The topological polar surface area (TPSA) is 48.4 Å². The Labute approximate surface area is 98.9 Å². The molecule has 1 heterocycles.